The van der Waals surface area contributed by atoms with E-state index in [0.717, 1.165) is 32.7 Å². The van der Waals surface area contributed by atoms with Crippen LogP contribution in [0.25, 0.3) is 0 Å². The summed E-state index contributed by atoms with van der Waals surface area (Å²) in [6, 6.07) is 22.0. The van der Waals surface area contributed by atoms with Gasteiger partial charge >= 0.3 is 0 Å². The van der Waals surface area contributed by atoms with Gasteiger partial charge in [0.25, 0.3) is 0 Å². The van der Waals surface area contributed by atoms with E-state index < -0.39 is 0 Å². The van der Waals surface area contributed by atoms with Crippen LogP contribution in [0.4, 0.5) is 11.4 Å². The summed E-state index contributed by atoms with van der Waals surface area (Å²) in [5.74, 6) is 0.775. The van der Waals surface area contributed by atoms with Gasteiger partial charge in [-0.2, -0.15) is 0 Å². The van der Waals surface area contributed by atoms with E-state index in [1.54, 1.807) is 0 Å². The number of benzene rings is 3. The molecule has 0 radical (unpaired) electrons. The molecule has 28 heavy (non-hydrogen) atoms. The number of nitrogens with one attached hydrogen (secondary N) is 2. The maximum atomic E-state index is 11.1. The molecule has 0 atom stereocenters. The Balaban J connectivity index is 1.66. The van der Waals surface area contributed by atoms with Crippen LogP contribution >= 0.6 is 15.9 Å². The van der Waals surface area contributed by atoms with E-state index in [2.05, 4.69) is 57.8 Å². The highest BCUT2D eigenvalue weighted by molar-refractivity contribution is 9.10. The minimum Gasteiger partial charge on any atom is -0.489 e. The number of halogens is 1. The number of hydrogen-bond donors (Lipinski definition) is 2. The van der Waals surface area contributed by atoms with E-state index in [1.165, 1.54) is 12.5 Å². The molecule has 0 saturated heterocycles. The van der Waals surface area contributed by atoms with Crippen molar-refractivity contribution in [2.75, 3.05) is 10.6 Å². The van der Waals surface area contributed by atoms with Gasteiger partial charge in [-0.15, -0.1) is 0 Å². The van der Waals surface area contributed by atoms with E-state index >= 15 is 0 Å². The molecule has 0 aromatic heterocycles. The predicted octanol–water partition coefficient (Wildman–Crippen LogP) is 5.91. The lowest BCUT2D eigenvalue weighted by molar-refractivity contribution is -0.114. The lowest BCUT2D eigenvalue weighted by Crippen LogP contribution is -2.06. The Bertz CT molecular complexity index is 955. The van der Waals surface area contributed by atoms with Crippen molar-refractivity contribution < 1.29 is 9.53 Å². The number of ether oxygens (including phenoxy) is 1. The molecule has 0 heterocycles. The highest BCUT2D eigenvalue weighted by atomic mass is 79.9. The van der Waals surface area contributed by atoms with Crippen LogP contribution in [-0.4, -0.2) is 5.91 Å². The Labute approximate surface area is 174 Å². The maximum Gasteiger partial charge on any atom is 0.221 e. The van der Waals surface area contributed by atoms with Gasteiger partial charge in [-0.05, 0) is 55.0 Å². The first kappa shape index (κ1) is 20.0. The smallest absolute Gasteiger partial charge is 0.221 e. The minimum absolute atomic E-state index is 0.0785. The van der Waals surface area contributed by atoms with Crippen LogP contribution < -0.4 is 15.4 Å². The molecule has 0 bridgehead atoms. The molecule has 0 fully saturated rings. The monoisotopic (exact) mass is 438 g/mol. The second kappa shape index (κ2) is 9.42. The molecule has 0 unspecified atom stereocenters. The van der Waals surface area contributed by atoms with Crippen molar-refractivity contribution in [1.29, 1.82) is 0 Å². The summed E-state index contributed by atoms with van der Waals surface area (Å²) < 4.78 is 7.08. The molecular weight excluding hydrogens is 416 g/mol. The molecule has 4 nitrogen and oxygen atoms in total. The van der Waals surface area contributed by atoms with Crippen molar-refractivity contribution >= 4 is 33.2 Å². The van der Waals surface area contributed by atoms with Crippen LogP contribution in [0.15, 0.2) is 71.2 Å². The zero-order chi connectivity index (χ0) is 19.9. The lowest BCUT2D eigenvalue weighted by atomic mass is 10.1. The fraction of sp³-hybridized carbons (Fsp3) is 0.174. The Morgan fingerprint density at radius 1 is 1.00 bits per heavy atom. The third kappa shape index (κ3) is 5.86. The second-order valence-corrected chi connectivity index (χ2v) is 7.56. The van der Waals surface area contributed by atoms with Crippen molar-refractivity contribution in [2.45, 2.75) is 27.0 Å². The van der Waals surface area contributed by atoms with Gasteiger partial charge in [0, 0.05) is 34.9 Å². The Kier molecular flexibility index (Phi) is 6.71. The summed E-state index contributed by atoms with van der Waals surface area (Å²) in [5, 5.41) is 6.17. The average molecular weight is 439 g/mol. The molecule has 2 N–H and O–H groups in total. The third-order valence-electron chi connectivity index (χ3n) is 4.19. The van der Waals surface area contributed by atoms with Crippen molar-refractivity contribution in [3.8, 4) is 5.75 Å². The van der Waals surface area contributed by atoms with Gasteiger partial charge in [0.1, 0.15) is 12.4 Å². The molecule has 3 aromatic carbocycles. The van der Waals surface area contributed by atoms with Gasteiger partial charge in [-0.3, -0.25) is 4.79 Å². The molecule has 144 valence electrons. The SMILES string of the molecule is CC(=O)Nc1ccc(NCc2cc(Br)ccc2OCc2cccc(C)c2)cc1. The predicted molar refractivity (Wildman–Crippen MR) is 118 cm³/mol. The number of rotatable bonds is 7. The summed E-state index contributed by atoms with van der Waals surface area (Å²) in [6.07, 6.45) is 0. The average Bonchev–Trinajstić information content (AvgIpc) is 2.66. The first-order valence-corrected chi connectivity index (χ1v) is 9.87. The largest absolute Gasteiger partial charge is 0.489 e. The first-order valence-electron chi connectivity index (χ1n) is 9.08. The molecule has 3 aromatic rings. The summed E-state index contributed by atoms with van der Waals surface area (Å²) >= 11 is 3.54. The number of hydrogen-bond acceptors (Lipinski definition) is 3. The summed E-state index contributed by atoms with van der Waals surface area (Å²) in [4.78, 5) is 11.1. The number of aryl methyl sites for hydroxylation is 1. The standard InChI is InChI=1S/C23H23BrN2O2/c1-16-4-3-5-18(12-16)15-28-23-11-6-20(24)13-19(23)14-25-21-7-9-22(10-8-21)26-17(2)27/h3-13,25H,14-15H2,1-2H3,(H,26,27). The lowest BCUT2D eigenvalue weighted by Gasteiger charge is -2.14. The fourth-order valence-electron chi connectivity index (χ4n) is 2.86. The van der Waals surface area contributed by atoms with Gasteiger partial charge < -0.3 is 15.4 Å². The van der Waals surface area contributed by atoms with Crippen molar-refractivity contribution in [3.05, 3.63) is 87.9 Å². The number of amides is 1. The zero-order valence-corrected chi connectivity index (χ0v) is 17.5. The van der Waals surface area contributed by atoms with Crippen LogP contribution in [0, 0.1) is 6.92 Å². The normalized spacial score (nSPS) is 10.4. The molecule has 5 heteroatoms. The molecule has 3 rings (SSSR count). The quantitative estimate of drug-likeness (QED) is 0.482. The van der Waals surface area contributed by atoms with E-state index in [0.29, 0.717) is 13.2 Å². The van der Waals surface area contributed by atoms with Crippen LogP contribution in [0.1, 0.15) is 23.6 Å². The fourth-order valence-corrected chi connectivity index (χ4v) is 3.27. The van der Waals surface area contributed by atoms with E-state index in [-0.39, 0.29) is 5.91 Å². The van der Waals surface area contributed by atoms with Crippen LogP contribution in [-0.2, 0) is 17.9 Å². The molecular formula is C23H23BrN2O2. The van der Waals surface area contributed by atoms with Gasteiger partial charge in [0.2, 0.25) is 5.91 Å². The first-order chi connectivity index (χ1) is 13.5. The minimum atomic E-state index is -0.0785. The Morgan fingerprint density at radius 2 is 1.75 bits per heavy atom. The molecule has 0 saturated carbocycles. The number of carbonyl (C=O) groups is 1. The summed E-state index contributed by atoms with van der Waals surface area (Å²) in [6.45, 7) is 4.73. The Hall–Kier alpha value is -2.79. The molecule has 1 amide bonds. The molecule has 0 aliphatic carbocycles. The number of anilines is 2. The molecule has 0 aliphatic rings. The summed E-state index contributed by atoms with van der Waals surface area (Å²) in [7, 11) is 0. The van der Waals surface area contributed by atoms with Crippen LogP contribution in [0.3, 0.4) is 0 Å². The van der Waals surface area contributed by atoms with E-state index in [9.17, 15) is 4.79 Å². The van der Waals surface area contributed by atoms with Crippen molar-refractivity contribution in [3.63, 3.8) is 0 Å². The van der Waals surface area contributed by atoms with Gasteiger partial charge in [-0.25, -0.2) is 0 Å². The Morgan fingerprint density at radius 3 is 2.46 bits per heavy atom. The highest BCUT2D eigenvalue weighted by Gasteiger charge is 2.06. The van der Waals surface area contributed by atoms with E-state index in [4.69, 9.17) is 4.74 Å². The maximum absolute atomic E-state index is 11.1. The molecule has 0 aliphatic heterocycles. The summed E-state index contributed by atoms with van der Waals surface area (Å²) in [5.41, 5.74) is 5.19. The topological polar surface area (TPSA) is 50.4 Å². The van der Waals surface area contributed by atoms with Crippen LogP contribution in [0.5, 0.6) is 5.75 Å². The van der Waals surface area contributed by atoms with Gasteiger partial charge in [-0.1, -0.05) is 45.8 Å². The third-order valence-corrected chi connectivity index (χ3v) is 4.68. The molecule has 0 spiro atoms. The highest BCUT2D eigenvalue weighted by Crippen LogP contribution is 2.25. The van der Waals surface area contributed by atoms with Crippen molar-refractivity contribution in [1.82, 2.24) is 0 Å². The number of carbonyl (C=O) groups excluding carboxylic acids is 1. The zero-order valence-electron chi connectivity index (χ0n) is 16.0. The second-order valence-electron chi connectivity index (χ2n) is 6.64. The van der Waals surface area contributed by atoms with Crippen molar-refractivity contribution in [2.24, 2.45) is 0 Å². The van der Waals surface area contributed by atoms with Gasteiger partial charge in [0.15, 0.2) is 0 Å². The van der Waals surface area contributed by atoms with Crippen LogP contribution in [0.2, 0.25) is 0 Å². The van der Waals surface area contributed by atoms with E-state index in [1.807, 2.05) is 42.5 Å². The van der Waals surface area contributed by atoms with Gasteiger partial charge in [0.05, 0.1) is 0 Å².